The van der Waals surface area contributed by atoms with E-state index in [4.69, 9.17) is 0 Å². The molecule has 0 saturated heterocycles. The van der Waals surface area contributed by atoms with E-state index in [2.05, 4.69) is 16.5 Å². The minimum absolute atomic E-state index is 0.251. The number of allylic oxidation sites excluding steroid dienone is 2. The Bertz CT molecular complexity index is 693. The number of hydrogen-bond donors (Lipinski definition) is 1. The molecule has 0 aliphatic rings. The lowest BCUT2D eigenvalue weighted by molar-refractivity contribution is 0.182. The van der Waals surface area contributed by atoms with Gasteiger partial charge >= 0.3 is 0 Å². The number of hydrogen-bond acceptors (Lipinski definition) is 3. The molecule has 0 saturated carbocycles. The molecule has 1 aromatic heterocycles. The molecular formula is C20H23FN2O. The van der Waals surface area contributed by atoms with E-state index in [-0.39, 0.29) is 11.9 Å². The molecule has 0 bridgehead atoms. The lowest BCUT2D eigenvalue weighted by Gasteiger charge is -2.04. The summed E-state index contributed by atoms with van der Waals surface area (Å²) in [5.74, 6) is 0.239. The van der Waals surface area contributed by atoms with Crippen LogP contribution in [0.15, 0.2) is 49.3 Å². The molecule has 24 heavy (non-hydrogen) atoms. The van der Waals surface area contributed by atoms with E-state index < -0.39 is 0 Å². The summed E-state index contributed by atoms with van der Waals surface area (Å²) >= 11 is 0. The summed E-state index contributed by atoms with van der Waals surface area (Å²) in [5, 5.41) is 9.20. The van der Waals surface area contributed by atoms with Gasteiger partial charge in [-0.1, -0.05) is 30.4 Å². The second-order valence-electron chi connectivity index (χ2n) is 5.82. The summed E-state index contributed by atoms with van der Waals surface area (Å²) in [7, 11) is 0. The third-order valence-electron chi connectivity index (χ3n) is 3.65. The minimum atomic E-state index is -0.266. The highest BCUT2D eigenvalue weighted by Gasteiger charge is 2.06. The van der Waals surface area contributed by atoms with Crippen LogP contribution in [0.3, 0.4) is 0 Å². The van der Waals surface area contributed by atoms with Crippen molar-refractivity contribution in [3.63, 3.8) is 0 Å². The van der Waals surface area contributed by atoms with Crippen LogP contribution in [0.2, 0.25) is 0 Å². The highest BCUT2D eigenvalue weighted by molar-refractivity contribution is 5.57. The average molecular weight is 326 g/mol. The zero-order valence-corrected chi connectivity index (χ0v) is 14.0. The molecular weight excluding hydrogens is 303 g/mol. The Kier molecular flexibility index (Phi) is 6.82. The second kappa shape index (κ2) is 9.08. The van der Waals surface area contributed by atoms with Crippen LogP contribution >= 0.6 is 0 Å². The van der Waals surface area contributed by atoms with Gasteiger partial charge in [0.05, 0.1) is 6.10 Å². The van der Waals surface area contributed by atoms with Gasteiger partial charge in [0.15, 0.2) is 5.82 Å². The number of rotatable bonds is 8. The fourth-order valence-corrected chi connectivity index (χ4v) is 2.33. The fourth-order valence-electron chi connectivity index (χ4n) is 2.33. The van der Waals surface area contributed by atoms with Crippen molar-refractivity contribution >= 4 is 6.08 Å². The van der Waals surface area contributed by atoms with Gasteiger partial charge in [-0.15, -0.1) is 6.58 Å². The van der Waals surface area contributed by atoms with Crippen molar-refractivity contribution in [2.24, 2.45) is 0 Å². The van der Waals surface area contributed by atoms with E-state index in [1.165, 1.54) is 6.07 Å². The molecule has 2 rings (SSSR count). The first-order chi connectivity index (χ1) is 11.6. The van der Waals surface area contributed by atoms with E-state index in [0.717, 1.165) is 24.8 Å². The zero-order chi connectivity index (χ0) is 17.4. The van der Waals surface area contributed by atoms with Crippen LogP contribution < -0.4 is 0 Å². The van der Waals surface area contributed by atoms with Crippen LogP contribution in [0.25, 0.3) is 17.5 Å². The predicted molar refractivity (Wildman–Crippen MR) is 95.9 cm³/mol. The molecule has 1 unspecified atom stereocenters. The van der Waals surface area contributed by atoms with Crippen LogP contribution in [-0.2, 0) is 6.42 Å². The first-order valence-corrected chi connectivity index (χ1v) is 8.16. The van der Waals surface area contributed by atoms with Crippen molar-refractivity contribution in [3.8, 4) is 11.4 Å². The third kappa shape index (κ3) is 5.39. The smallest absolute Gasteiger partial charge is 0.159 e. The summed E-state index contributed by atoms with van der Waals surface area (Å²) in [6, 6.07) is 5.02. The van der Waals surface area contributed by atoms with Crippen LogP contribution in [0.5, 0.6) is 0 Å². The lowest BCUT2D eigenvalue weighted by Crippen LogP contribution is -1.97. The van der Waals surface area contributed by atoms with Crippen molar-refractivity contribution < 1.29 is 9.50 Å². The van der Waals surface area contributed by atoms with Crippen molar-refractivity contribution in [1.29, 1.82) is 0 Å². The Hall–Kier alpha value is -2.33. The number of aliphatic hydroxyl groups is 1. The molecule has 1 atom stereocenters. The SMILES string of the molecule is C=CCc1ccc(-c2ncc(C=CCCCC(C)O)cn2)cc1F. The van der Waals surface area contributed by atoms with E-state index >= 15 is 0 Å². The number of benzene rings is 1. The molecule has 1 aromatic carbocycles. The maximum absolute atomic E-state index is 14.0. The van der Waals surface area contributed by atoms with Crippen molar-refractivity contribution in [2.75, 3.05) is 0 Å². The molecule has 1 N–H and O–H groups in total. The summed E-state index contributed by atoms with van der Waals surface area (Å²) in [6.45, 7) is 5.42. The van der Waals surface area contributed by atoms with Crippen LogP contribution in [0, 0.1) is 5.82 Å². The van der Waals surface area contributed by atoms with E-state index in [1.54, 1.807) is 31.5 Å². The zero-order valence-electron chi connectivity index (χ0n) is 14.0. The van der Waals surface area contributed by atoms with E-state index in [1.807, 2.05) is 18.2 Å². The Labute approximate surface area is 142 Å². The first kappa shape index (κ1) is 18.0. The Morgan fingerprint density at radius 3 is 2.67 bits per heavy atom. The van der Waals surface area contributed by atoms with Gasteiger partial charge in [-0.25, -0.2) is 14.4 Å². The van der Waals surface area contributed by atoms with E-state index in [0.29, 0.717) is 23.4 Å². The summed E-state index contributed by atoms with van der Waals surface area (Å²) in [4.78, 5) is 8.61. The molecule has 1 heterocycles. The van der Waals surface area contributed by atoms with Crippen molar-refractivity contribution in [2.45, 2.75) is 38.7 Å². The Morgan fingerprint density at radius 2 is 2.04 bits per heavy atom. The summed E-state index contributed by atoms with van der Waals surface area (Å²) in [6.07, 6.45) is 12.0. The van der Waals surface area contributed by atoms with Crippen molar-refractivity contribution in [1.82, 2.24) is 9.97 Å². The number of aromatic nitrogens is 2. The molecule has 0 amide bonds. The van der Waals surface area contributed by atoms with Gasteiger partial charge in [0.25, 0.3) is 0 Å². The summed E-state index contributed by atoms with van der Waals surface area (Å²) in [5.41, 5.74) is 2.18. The number of halogens is 1. The minimum Gasteiger partial charge on any atom is -0.393 e. The van der Waals surface area contributed by atoms with Gasteiger partial charge in [0, 0.05) is 23.5 Å². The summed E-state index contributed by atoms with van der Waals surface area (Å²) < 4.78 is 14.0. The normalized spacial score (nSPS) is 12.5. The number of aliphatic hydroxyl groups excluding tert-OH is 1. The van der Waals surface area contributed by atoms with Crippen LogP contribution in [0.1, 0.15) is 37.3 Å². The Morgan fingerprint density at radius 1 is 1.29 bits per heavy atom. The highest BCUT2D eigenvalue weighted by Crippen LogP contribution is 2.19. The van der Waals surface area contributed by atoms with Crippen LogP contribution in [0.4, 0.5) is 4.39 Å². The highest BCUT2D eigenvalue weighted by atomic mass is 19.1. The molecule has 4 heteroatoms. The topological polar surface area (TPSA) is 46.0 Å². The molecule has 3 nitrogen and oxygen atoms in total. The number of unbranched alkanes of at least 4 members (excludes halogenated alkanes) is 1. The molecule has 0 aliphatic heterocycles. The lowest BCUT2D eigenvalue weighted by atomic mass is 10.1. The largest absolute Gasteiger partial charge is 0.393 e. The average Bonchev–Trinajstić information content (AvgIpc) is 2.57. The standard InChI is InChI=1S/C20H23FN2O/c1-3-7-17-10-11-18(12-19(17)21)20-22-13-16(14-23-20)9-6-4-5-8-15(2)24/h3,6,9-15,24H,1,4-5,7-8H2,2H3. The molecule has 0 aliphatic carbocycles. The van der Waals surface area contributed by atoms with Gasteiger partial charge in [0.2, 0.25) is 0 Å². The van der Waals surface area contributed by atoms with Gasteiger partial charge in [-0.3, -0.25) is 0 Å². The second-order valence-corrected chi connectivity index (χ2v) is 5.82. The molecule has 2 aromatic rings. The van der Waals surface area contributed by atoms with Gasteiger partial charge in [-0.2, -0.15) is 0 Å². The maximum atomic E-state index is 14.0. The fraction of sp³-hybridized carbons (Fsp3) is 0.300. The molecule has 0 fully saturated rings. The van der Waals surface area contributed by atoms with Gasteiger partial charge in [-0.05, 0) is 44.2 Å². The molecule has 126 valence electrons. The quantitative estimate of drug-likeness (QED) is 0.571. The number of nitrogens with zero attached hydrogens (tertiary/aromatic N) is 2. The predicted octanol–water partition coefficient (Wildman–Crippen LogP) is 4.58. The van der Waals surface area contributed by atoms with Crippen molar-refractivity contribution in [3.05, 3.63) is 66.3 Å². The molecule has 0 spiro atoms. The third-order valence-corrected chi connectivity index (χ3v) is 3.65. The van der Waals surface area contributed by atoms with Gasteiger partial charge < -0.3 is 5.11 Å². The molecule has 0 radical (unpaired) electrons. The van der Waals surface area contributed by atoms with Gasteiger partial charge in [0.1, 0.15) is 5.82 Å². The maximum Gasteiger partial charge on any atom is 0.159 e. The van der Waals surface area contributed by atoms with E-state index in [9.17, 15) is 9.50 Å². The first-order valence-electron chi connectivity index (χ1n) is 8.16. The Balaban J connectivity index is 2.00. The monoisotopic (exact) mass is 326 g/mol. The van der Waals surface area contributed by atoms with Crippen LogP contribution in [-0.4, -0.2) is 21.2 Å².